The number of aromatic nitrogens is 2. The fraction of sp³-hybridized carbons (Fsp3) is 0.692. The molecule has 1 aromatic heterocycles. The number of rotatable bonds is 7. The number of aryl methyl sites for hydroxylation is 1. The molecule has 1 heterocycles. The van der Waals surface area contributed by atoms with E-state index in [0.717, 1.165) is 40.3 Å². The van der Waals surface area contributed by atoms with E-state index >= 15 is 0 Å². The van der Waals surface area contributed by atoms with Crippen molar-refractivity contribution in [3.63, 3.8) is 0 Å². The lowest BCUT2D eigenvalue weighted by atomic mass is 10.1. The molecule has 1 atom stereocenters. The zero-order valence-corrected chi connectivity index (χ0v) is 13.7. The minimum Gasteiger partial charge on any atom is -0.384 e. The van der Waals surface area contributed by atoms with E-state index in [9.17, 15) is 0 Å². The summed E-state index contributed by atoms with van der Waals surface area (Å²) in [4.78, 5) is 9.30. The second-order valence-corrected chi connectivity index (χ2v) is 5.41. The van der Waals surface area contributed by atoms with Gasteiger partial charge in [0, 0.05) is 19.6 Å². The summed E-state index contributed by atoms with van der Waals surface area (Å²) in [6, 6.07) is 0. The molecule has 0 spiro atoms. The minimum absolute atomic E-state index is 0.222. The third kappa shape index (κ3) is 4.05. The number of methoxy groups -OCH3 is 1. The van der Waals surface area contributed by atoms with Crippen LogP contribution < -0.4 is 5.32 Å². The molecule has 102 valence electrons. The number of ether oxygens (including phenoxy) is 1. The van der Waals surface area contributed by atoms with Crippen LogP contribution >= 0.6 is 22.6 Å². The van der Waals surface area contributed by atoms with Crippen molar-refractivity contribution in [2.24, 2.45) is 0 Å². The number of hydrogen-bond acceptors (Lipinski definition) is 4. The van der Waals surface area contributed by atoms with Gasteiger partial charge in [-0.3, -0.25) is 0 Å². The van der Waals surface area contributed by atoms with Crippen LogP contribution in [0.15, 0.2) is 0 Å². The highest BCUT2D eigenvalue weighted by molar-refractivity contribution is 14.1. The fourth-order valence-corrected chi connectivity index (χ4v) is 2.45. The maximum atomic E-state index is 5.19. The summed E-state index contributed by atoms with van der Waals surface area (Å²) in [5.41, 5.74) is 1.14. The Hall–Kier alpha value is -0.430. The Morgan fingerprint density at radius 1 is 1.33 bits per heavy atom. The van der Waals surface area contributed by atoms with Gasteiger partial charge >= 0.3 is 0 Å². The van der Waals surface area contributed by atoms with Crippen molar-refractivity contribution in [3.8, 4) is 0 Å². The van der Waals surface area contributed by atoms with Gasteiger partial charge in [0.25, 0.3) is 0 Å². The van der Waals surface area contributed by atoms with Crippen LogP contribution in [0, 0.1) is 3.57 Å². The van der Waals surface area contributed by atoms with Crippen molar-refractivity contribution < 1.29 is 4.74 Å². The van der Waals surface area contributed by atoms with Crippen LogP contribution in [-0.2, 0) is 11.2 Å². The van der Waals surface area contributed by atoms with Crippen molar-refractivity contribution in [2.75, 3.05) is 25.6 Å². The third-order valence-electron chi connectivity index (χ3n) is 2.63. The van der Waals surface area contributed by atoms with Gasteiger partial charge in [-0.2, -0.15) is 0 Å². The van der Waals surface area contributed by atoms with E-state index in [1.54, 1.807) is 7.11 Å². The lowest BCUT2D eigenvalue weighted by Crippen LogP contribution is -2.13. The van der Waals surface area contributed by atoms with Crippen molar-refractivity contribution in [1.29, 1.82) is 0 Å². The van der Waals surface area contributed by atoms with Crippen LogP contribution in [0.5, 0.6) is 0 Å². The molecular weight excluding hydrogens is 341 g/mol. The zero-order chi connectivity index (χ0) is 13.5. The first-order valence-corrected chi connectivity index (χ1v) is 7.50. The lowest BCUT2D eigenvalue weighted by Gasteiger charge is -2.15. The van der Waals surface area contributed by atoms with E-state index in [2.05, 4.69) is 58.6 Å². The molecule has 0 aliphatic rings. The summed E-state index contributed by atoms with van der Waals surface area (Å²) >= 11 is 2.33. The molecule has 1 unspecified atom stereocenters. The van der Waals surface area contributed by atoms with Crippen molar-refractivity contribution >= 4 is 28.4 Å². The predicted octanol–water partition coefficient (Wildman–Crippen LogP) is 3.22. The first-order valence-electron chi connectivity index (χ1n) is 6.43. The normalized spacial score (nSPS) is 12.5. The van der Waals surface area contributed by atoms with Crippen LogP contribution in [-0.4, -0.2) is 30.2 Å². The molecule has 0 fully saturated rings. The minimum atomic E-state index is 0.222. The van der Waals surface area contributed by atoms with E-state index in [-0.39, 0.29) is 5.92 Å². The second kappa shape index (κ2) is 7.89. The standard InChI is InChI=1S/C13H22IN3O/c1-5-7-10-11(14)13(15-6-2)17-12(16-10)9(3)8-18-4/h9H,5-8H2,1-4H3,(H,15,16,17). The number of nitrogens with one attached hydrogen (secondary N) is 1. The number of nitrogens with zero attached hydrogens (tertiary/aromatic N) is 2. The lowest BCUT2D eigenvalue weighted by molar-refractivity contribution is 0.181. The van der Waals surface area contributed by atoms with Gasteiger partial charge in [0.2, 0.25) is 0 Å². The topological polar surface area (TPSA) is 47.0 Å². The molecule has 0 saturated carbocycles. The highest BCUT2D eigenvalue weighted by atomic mass is 127. The molecule has 0 aliphatic carbocycles. The molecule has 1 aromatic rings. The summed E-state index contributed by atoms with van der Waals surface area (Å²) in [6.45, 7) is 7.87. The van der Waals surface area contributed by atoms with E-state index < -0.39 is 0 Å². The van der Waals surface area contributed by atoms with Gasteiger partial charge in [0.05, 0.1) is 15.9 Å². The maximum Gasteiger partial charge on any atom is 0.143 e. The molecule has 0 aliphatic heterocycles. The monoisotopic (exact) mass is 363 g/mol. The smallest absolute Gasteiger partial charge is 0.143 e. The summed E-state index contributed by atoms with van der Waals surface area (Å²) in [7, 11) is 1.71. The Morgan fingerprint density at radius 3 is 2.61 bits per heavy atom. The molecule has 1 N–H and O–H groups in total. The quantitative estimate of drug-likeness (QED) is 0.756. The van der Waals surface area contributed by atoms with Crippen molar-refractivity contribution in [3.05, 3.63) is 15.1 Å². The van der Waals surface area contributed by atoms with Gasteiger partial charge in [-0.1, -0.05) is 20.3 Å². The molecule has 4 nitrogen and oxygen atoms in total. The van der Waals surface area contributed by atoms with Gasteiger partial charge in [-0.15, -0.1) is 0 Å². The Kier molecular flexibility index (Phi) is 6.85. The van der Waals surface area contributed by atoms with Crippen molar-refractivity contribution in [1.82, 2.24) is 9.97 Å². The van der Waals surface area contributed by atoms with Gasteiger partial charge in [-0.25, -0.2) is 9.97 Å². The average Bonchev–Trinajstić information content (AvgIpc) is 2.34. The Morgan fingerprint density at radius 2 is 2.06 bits per heavy atom. The molecule has 0 radical (unpaired) electrons. The molecule has 0 saturated heterocycles. The van der Waals surface area contributed by atoms with Crippen LogP contribution in [0.25, 0.3) is 0 Å². The number of halogens is 1. The molecule has 0 bridgehead atoms. The Labute approximate surface area is 123 Å². The predicted molar refractivity (Wildman–Crippen MR) is 83.2 cm³/mol. The number of anilines is 1. The summed E-state index contributed by atoms with van der Waals surface area (Å²) in [6.07, 6.45) is 2.09. The van der Waals surface area contributed by atoms with E-state index in [0.29, 0.717) is 6.61 Å². The maximum absolute atomic E-state index is 5.19. The molecule has 0 aromatic carbocycles. The van der Waals surface area contributed by atoms with E-state index in [1.807, 2.05) is 0 Å². The van der Waals surface area contributed by atoms with Gasteiger partial charge in [0.15, 0.2) is 0 Å². The number of hydrogen-bond donors (Lipinski definition) is 1. The Balaban J connectivity index is 3.10. The van der Waals surface area contributed by atoms with Crippen LogP contribution in [0.3, 0.4) is 0 Å². The third-order valence-corrected chi connectivity index (χ3v) is 3.76. The van der Waals surface area contributed by atoms with Gasteiger partial charge in [0.1, 0.15) is 11.6 Å². The molecule has 18 heavy (non-hydrogen) atoms. The van der Waals surface area contributed by atoms with Crippen LogP contribution in [0.4, 0.5) is 5.82 Å². The van der Waals surface area contributed by atoms with E-state index in [1.165, 1.54) is 0 Å². The second-order valence-electron chi connectivity index (χ2n) is 4.33. The molecule has 0 amide bonds. The Bertz CT molecular complexity index is 357. The van der Waals surface area contributed by atoms with Crippen molar-refractivity contribution in [2.45, 2.75) is 39.5 Å². The highest BCUT2D eigenvalue weighted by Gasteiger charge is 2.15. The van der Waals surface area contributed by atoms with Gasteiger partial charge in [-0.05, 0) is 35.9 Å². The SMILES string of the molecule is CCCc1nc(C(C)COC)nc(NCC)c1I. The first kappa shape index (κ1) is 15.6. The fourth-order valence-electron chi connectivity index (χ4n) is 1.74. The molecular formula is C13H22IN3O. The van der Waals surface area contributed by atoms with Crippen LogP contribution in [0.1, 0.15) is 44.6 Å². The van der Waals surface area contributed by atoms with E-state index in [4.69, 9.17) is 4.74 Å². The first-order chi connectivity index (χ1) is 8.63. The summed E-state index contributed by atoms with van der Waals surface area (Å²) in [5, 5.41) is 3.31. The summed E-state index contributed by atoms with van der Waals surface area (Å²) in [5.74, 6) is 2.05. The molecule has 5 heteroatoms. The molecule has 1 rings (SSSR count). The van der Waals surface area contributed by atoms with Gasteiger partial charge < -0.3 is 10.1 Å². The summed E-state index contributed by atoms with van der Waals surface area (Å²) < 4.78 is 6.33. The zero-order valence-electron chi connectivity index (χ0n) is 11.6. The van der Waals surface area contributed by atoms with Crippen LogP contribution in [0.2, 0.25) is 0 Å². The highest BCUT2D eigenvalue weighted by Crippen LogP contribution is 2.23. The largest absolute Gasteiger partial charge is 0.384 e. The average molecular weight is 363 g/mol.